The lowest BCUT2D eigenvalue weighted by atomic mass is 10.2. The number of imidazole rings is 1. The Bertz CT molecular complexity index is 621. The highest BCUT2D eigenvalue weighted by Crippen LogP contribution is 2.42. The molecular weight excluding hydrogens is 273 g/mol. The molecule has 0 bridgehead atoms. The van der Waals surface area contributed by atoms with Crippen molar-refractivity contribution >= 4 is 28.7 Å². The molecular formula is C10H12FN5O2S. The van der Waals surface area contributed by atoms with Crippen molar-refractivity contribution in [2.24, 2.45) is 0 Å². The van der Waals surface area contributed by atoms with Crippen LogP contribution in [0.25, 0.3) is 11.2 Å². The van der Waals surface area contributed by atoms with E-state index in [0.717, 1.165) is 0 Å². The van der Waals surface area contributed by atoms with Crippen molar-refractivity contribution in [3.05, 3.63) is 12.4 Å². The first-order valence-electron chi connectivity index (χ1n) is 5.70. The van der Waals surface area contributed by atoms with Gasteiger partial charge >= 0.3 is 6.08 Å². The fourth-order valence-electron chi connectivity index (χ4n) is 2.17. The first kappa shape index (κ1) is 12.6. The van der Waals surface area contributed by atoms with Gasteiger partial charge in [0.05, 0.1) is 29.7 Å². The highest BCUT2D eigenvalue weighted by atomic mass is 32.2. The SMILES string of the molecule is Nc1nc(F)nc2c1ncn2[C@@H]1C[C@H](O)[C@H](CO)S1. The molecule has 1 fully saturated rings. The summed E-state index contributed by atoms with van der Waals surface area (Å²) in [5.74, 6) is -0.0106. The third kappa shape index (κ3) is 2.03. The zero-order valence-electron chi connectivity index (χ0n) is 9.77. The maximum Gasteiger partial charge on any atom is 0.312 e. The number of anilines is 1. The molecule has 1 aliphatic heterocycles. The molecule has 3 rings (SSSR count). The first-order valence-corrected chi connectivity index (χ1v) is 6.64. The molecule has 0 unspecified atom stereocenters. The zero-order valence-corrected chi connectivity index (χ0v) is 10.6. The summed E-state index contributed by atoms with van der Waals surface area (Å²) >= 11 is 1.40. The van der Waals surface area contributed by atoms with E-state index in [1.54, 1.807) is 4.57 Å². The Balaban J connectivity index is 2.02. The van der Waals surface area contributed by atoms with Crippen LogP contribution in [0.2, 0.25) is 0 Å². The van der Waals surface area contributed by atoms with Gasteiger partial charge in [-0.3, -0.25) is 0 Å². The minimum absolute atomic E-state index is 0.0106. The fourth-order valence-corrected chi connectivity index (χ4v) is 3.55. The Labute approximate surface area is 111 Å². The van der Waals surface area contributed by atoms with Gasteiger partial charge in [0.2, 0.25) is 0 Å². The number of aromatic nitrogens is 4. The quantitative estimate of drug-likeness (QED) is 0.661. The standard InChI is InChI=1S/C10H12FN5O2S/c11-10-14-8(12)7-9(15-10)16(3-13-7)6-1-4(18)5(2-17)19-6/h3-6,17-18H,1-2H2,(H2,12,14,15)/t4-,5-,6-/m0/s1. The third-order valence-corrected chi connectivity index (χ3v) is 4.66. The normalized spacial score (nSPS) is 27.2. The largest absolute Gasteiger partial charge is 0.395 e. The number of hydrogen-bond acceptors (Lipinski definition) is 7. The first-order chi connectivity index (χ1) is 9.10. The summed E-state index contributed by atoms with van der Waals surface area (Å²) in [4.78, 5) is 11.2. The van der Waals surface area contributed by atoms with E-state index in [1.165, 1.54) is 18.1 Å². The van der Waals surface area contributed by atoms with Crippen LogP contribution in [0.15, 0.2) is 6.33 Å². The number of nitrogen functional groups attached to an aromatic ring is 1. The summed E-state index contributed by atoms with van der Waals surface area (Å²) in [6.45, 7) is -0.111. The van der Waals surface area contributed by atoms with Gasteiger partial charge in [-0.15, -0.1) is 11.8 Å². The molecule has 2 aromatic rings. The molecule has 0 aliphatic carbocycles. The van der Waals surface area contributed by atoms with E-state index in [1.807, 2.05) is 0 Å². The lowest BCUT2D eigenvalue weighted by Crippen LogP contribution is -2.20. The Hall–Kier alpha value is -1.45. The molecule has 0 radical (unpaired) electrons. The second kappa shape index (κ2) is 4.58. The molecule has 3 atom stereocenters. The summed E-state index contributed by atoms with van der Waals surface area (Å²) in [6, 6.07) is 0. The van der Waals surface area contributed by atoms with Crippen molar-refractivity contribution < 1.29 is 14.6 Å². The van der Waals surface area contributed by atoms with E-state index in [0.29, 0.717) is 17.6 Å². The fraction of sp³-hybridized carbons (Fsp3) is 0.500. The van der Waals surface area contributed by atoms with E-state index in [9.17, 15) is 9.50 Å². The van der Waals surface area contributed by atoms with Crippen molar-refractivity contribution in [3.8, 4) is 0 Å². The van der Waals surface area contributed by atoms with E-state index >= 15 is 0 Å². The van der Waals surface area contributed by atoms with Gasteiger partial charge in [-0.25, -0.2) is 4.98 Å². The van der Waals surface area contributed by atoms with Crippen LogP contribution < -0.4 is 5.73 Å². The summed E-state index contributed by atoms with van der Waals surface area (Å²) in [7, 11) is 0. The molecule has 3 heterocycles. The number of aliphatic hydroxyl groups is 2. The average molecular weight is 285 g/mol. The predicted molar refractivity (Wildman–Crippen MR) is 67.8 cm³/mol. The number of nitrogens with zero attached hydrogens (tertiary/aromatic N) is 4. The molecule has 4 N–H and O–H groups in total. The molecule has 19 heavy (non-hydrogen) atoms. The Morgan fingerprint density at radius 1 is 1.53 bits per heavy atom. The maximum atomic E-state index is 13.2. The average Bonchev–Trinajstić information content (AvgIpc) is 2.92. The van der Waals surface area contributed by atoms with Crippen LogP contribution in [0, 0.1) is 6.08 Å². The van der Waals surface area contributed by atoms with Gasteiger partial charge in [-0.1, -0.05) is 0 Å². The Morgan fingerprint density at radius 2 is 2.32 bits per heavy atom. The van der Waals surface area contributed by atoms with Gasteiger partial charge in [-0.2, -0.15) is 14.4 Å². The minimum Gasteiger partial charge on any atom is -0.395 e. The van der Waals surface area contributed by atoms with Crippen LogP contribution in [-0.4, -0.2) is 47.7 Å². The summed E-state index contributed by atoms with van der Waals surface area (Å²) in [5, 5.41) is 18.5. The van der Waals surface area contributed by atoms with E-state index in [2.05, 4.69) is 15.0 Å². The summed E-state index contributed by atoms with van der Waals surface area (Å²) in [6.07, 6.45) is 0.419. The van der Waals surface area contributed by atoms with Crippen molar-refractivity contribution in [3.63, 3.8) is 0 Å². The maximum absolute atomic E-state index is 13.2. The molecule has 7 nitrogen and oxygen atoms in total. The number of rotatable bonds is 2. The second-order valence-electron chi connectivity index (χ2n) is 4.32. The van der Waals surface area contributed by atoms with Crippen LogP contribution in [0.4, 0.5) is 10.2 Å². The number of nitrogens with two attached hydrogens (primary N) is 1. The zero-order chi connectivity index (χ0) is 13.6. The van der Waals surface area contributed by atoms with Crippen LogP contribution >= 0.6 is 11.8 Å². The number of thioether (sulfide) groups is 1. The lowest BCUT2D eigenvalue weighted by Gasteiger charge is -2.11. The van der Waals surface area contributed by atoms with Crippen LogP contribution in [0.3, 0.4) is 0 Å². The molecule has 0 spiro atoms. The van der Waals surface area contributed by atoms with Crippen molar-refractivity contribution in [1.82, 2.24) is 19.5 Å². The smallest absolute Gasteiger partial charge is 0.312 e. The number of aliphatic hydroxyl groups excluding tert-OH is 2. The molecule has 0 saturated carbocycles. The molecule has 0 aromatic carbocycles. The molecule has 102 valence electrons. The van der Waals surface area contributed by atoms with Gasteiger partial charge in [0.15, 0.2) is 11.5 Å². The van der Waals surface area contributed by atoms with Crippen molar-refractivity contribution in [1.29, 1.82) is 0 Å². The Kier molecular flexibility index (Phi) is 3.03. The molecule has 2 aromatic heterocycles. The van der Waals surface area contributed by atoms with Gasteiger partial charge < -0.3 is 20.5 Å². The number of fused-ring (bicyclic) bond motifs is 1. The third-order valence-electron chi connectivity index (χ3n) is 3.12. The van der Waals surface area contributed by atoms with Crippen molar-refractivity contribution in [2.45, 2.75) is 23.1 Å². The second-order valence-corrected chi connectivity index (χ2v) is 5.74. The van der Waals surface area contributed by atoms with E-state index in [-0.39, 0.29) is 23.0 Å². The van der Waals surface area contributed by atoms with Crippen molar-refractivity contribution in [2.75, 3.05) is 12.3 Å². The van der Waals surface area contributed by atoms with E-state index < -0.39 is 12.2 Å². The minimum atomic E-state index is -0.908. The summed E-state index contributed by atoms with van der Waals surface area (Å²) in [5.41, 5.74) is 6.22. The highest BCUT2D eigenvalue weighted by molar-refractivity contribution is 8.00. The Morgan fingerprint density at radius 3 is 3.00 bits per heavy atom. The molecule has 1 saturated heterocycles. The molecule has 9 heteroatoms. The lowest BCUT2D eigenvalue weighted by molar-refractivity contribution is 0.138. The summed E-state index contributed by atoms with van der Waals surface area (Å²) < 4.78 is 14.9. The van der Waals surface area contributed by atoms with Gasteiger partial charge in [-0.05, 0) is 0 Å². The molecule has 0 amide bonds. The number of halogens is 1. The monoisotopic (exact) mass is 285 g/mol. The van der Waals surface area contributed by atoms with E-state index in [4.69, 9.17) is 10.8 Å². The topological polar surface area (TPSA) is 110 Å². The van der Waals surface area contributed by atoms with Crippen LogP contribution in [0.1, 0.15) is 11.8 Å². The van der Waals surface area contributed by atoms with Crippen LogP contribution in [0.5, 0.6) is 0 Å². The van der Waals surface area contributed by atoms with Gasteiger partial charge in [0.25, 0.3) is 0 Å². The van der Waals surface area contributed by atoms with Gasteiger partial charge in [0, 0.05) is 6.42 Å². The molecule has 1 aliphatic rings. The highest BCUT2D eigenvalue weighted by Gasteiger charge is 2.35. The van der Waals surface area contributed by atoms with Gasteiger partial charge in [0.1, 0.15) is 5.52 Å². The van der Waals surface area contributed by atoms with Crippen LogP contribution in [-0.2, 0) is 0 Å². The predicted octanol–water partition coefficient (Wildman–Crippen LogP) is -0.0951. The number of hydrogen-bond donors (Lipinski definition) is 3.